The maximum Gasteiger partial charge on any atom is 0.269 e. The SMILES string of the molecule is Cc1c(C2c3ccccc3C(=O)N2CC(=O)NNC(=O)c2ccccc2)c2ccccc2n1C. The molecule has 3 amide bonds. The molecule has 0 radical (unpaired) electrons. The summed E-state index contributed by atoms with van der Waals surface area (Å²) in [6.07, 6.45) is 0. The molecule has 170 valence electrons. The standard InChI is InChI=1S/C27H24N4O3/c1-17-24(21-14-8-9-15-22(21)30(17)2)25-19-12-6-7-13-20(19)27(34)31(25)16-23(32)28-29-26(33)18-10-4-3-5-11-18/h3-15,25H,16H2,1-2H3,(H,28,32)(H,29,33). The van der Waals surface area contributed by atoms with Gasteiger partial charge in [0.2, 0.25) is 0 Å². The van der Waals surface area contributed by atoms with E-state index < -0.39 is 17.9 Å². The molecule has 1 aliphatic heterocycles. The summed E-state index contributed by atoms with van der Waals surface area (Å²) in [6, 6.07) is 23.7. The number of carbonyl (C=O) groups excluding carboxylic acids is 3. The fraction of sp³-hybridized carbons (Fsp3) is 0.148. The third kappa shape index (κ3) is 3.51. The van der Waals surface area contributed by atoms with Gasteiger partial charge >= 0.3 is 0 Å². The fourth-order valence-electron chi connectivity index (χ4n) is 4.72. The highest BCUT2D eigenvalue weighted by Gasteiger charge is 2.40. The van der Waals surface area contributed by atoms with Gasteiger partial charge in [-0.1, -0.05) is 54.6 Å². The van der Waals surface area contributed by atoms with Crippen LogP contribution in [-0.4, -0.2) is 33.7 Å². The first-order valence-electron chi connectivity index (χ1n) is 11.1. The second kappa shape index (κ2) is 8.51. The number of aromatic nitrogens is 1. The molecule has 7 nitrogen and oxygen atoms in total. The van der Waals surface area contributed by atoms with E-state index in [4.69, 9.17) is 0 Å². The van der Waals surface area contributed by atoms with Crippen LogP contribution in [0, 0.1) is 6.92 Å². The van der Waals surface area contributed by atoms with Crippen LogP contribution in [0.25, 0.3) is 10.9 Å². The Morgan fingerprint density at radius 1 is 0.882 bits per heavy atom. The van der Waals surface area contributed by atoms with Gasteiger partial charge in [0.15, 0.2) is 0 Å². The number of amides is 3. The summed E-state index contributed by atoms with van der Waals surface area (Å²) in [4.78, 5) is 40.1. The van der Waals surface area contributed by atoms with Gasteiger partial charge in [0.25, 0.3) is 17.7 Å². The van der Waals surface area contributed by atoms with Crippen LogP contribution in [0.4, 0.5) is 0 Å². The van der Waals surface area contributed by atoms with E-state index in [1.54, 1.807) is 41.3 Å². The fourth-order valence-corrected chi connectivity index (χ4v) is 4.72. The van der Waals surface area contributed by atoms with Crippen LogP contribution in [0.3, 0.4) is 0 Å². The first kappa shape index (κ1) is 21.5. The number of hydrogen-bond donors (Lipinski definition) is 2. The first-order chi connectivity index (χ1) is 16.5. The van der Waals surface area contributed by atoms with Crippen molar-refractivity contribution < 1.29 is 14.4 Å². The Bertz CT molecular complexity index is 1420. The van der Waals surface area contributed by atoms with Crippen molar-refractivity contribution in [2.45, 2.75) is 13.0 Å². The zero-order chi connectivity index (χ0) is 23.8. The van der Waals surface area contributed by atoms with Gasteiger partial charge in [-0.3, -0.25) is 25.2 Å². The second-order valence-electron chi connectivity index (χ2n) is 8.37. The van der Waals surface area contributed by atoms with Gasteiger partial charge in [-0.25, -0.2) is 0 Å². The Hall–Kier alpha value is -4.39. The van der Waals surface area contributed by atoms with Gasteiger partial charge in [0.1, 0.15) is 6.54 Å². The third-order valence-electron chi connectivity index (χ3n) is 6.45. The normalized spacial score (nSPS) is 14.8. The van der Waals surface area contributed by atoms with Crippen LogP contribution in [-0.2, 0) is 11.8 Å². The number of nitrogens with one attached hydrogen (secondary N) is 2. The summed E-state index contributed by atoms with van der Waals surface area (Å²) in [6.45, 7) is 1.83. The third-order valence-corrected chi connectivity index (χ3v) is 6.45. The van der Waals surface area contributed by atoms with E-state index in [9.17, 15) is 14.4 Å². The average Bonchev–Trinajstić information content (AvgIpc) is 3.28. The summed E-state index contributed by atoms with van der Waals surface area (Å²) in [5.74, 6) is -1.11. The Morgan fingerprint density at radius 2 is 1.56 bits per heavy atom. The molecule has 1 aromatic heterocycles. The summed E-state index contributed by atoms with van der Waals surface area (Å²) < 4.78 is 2.11. The second-order valence-corrected chi connectivity index (χ2v) is 8.37. The van der Waals surface area contributed by atoms with E-state index in [2.05, 4.69) is 15.4 Å². The number of aryl methyl sites for hydroxylation is 1. The minimum Gasteiger partial charge on any atom is -0.348 e. The van der Waals surface area contributed by atoms with Crippen LogP contribution in [0.2, 0.25) is 0 Å². The van der Waals surface area contributed by atoms with Gasteiger partial charge in [0.05, 0.1) is 6.04 Å². The van der Waals surface area contributed by atoms with Crippen molar-refractivity contribution in [3.05, 3.63) is 107 Å². The molecule has 1 aliphatic rings. The number of carbonyl (C=O) groups is 3. The average molecular weight is 453 g/mol. The van der Waals surface area contributed by atoms with Crippen molar-refractivity contribution in [3.8, 4) is 0 Å². The van der Waals surface area contributed by atoms with Crippen LogP contribution < -0.4 is 10.9 Å². The molecule has 0 fully saturated rings. The minimum atomic E-state index is -0.478. The molecule has 0 spiro atoms. The number of hydrazine groups is 1. The molecule has 7 heteroatoms. The molecule has 0 saturated heterocycles. The minimum absolute atomic E-state index is 0.199. The highest BCUT2D eigenvalue weighted by Crippen LogP contribution is 2.43. The Labute approximate surface area is 197 Å². The molecule has 0 saturated carbocycles. The maximum atomic E-state index is 13.4. The predicted molar refractivity (Wildman–Crippen MR) is 129 cm³/mol. The molecular formula is C27H24N4O3. The number of para-hydroxylation sites is 1. The van der Waals surface area contributed by atoms with Crippen LogP contribution in [0.1, 0.15) is 43.6 Å². The molecule has 2 heterocycles. The smallest absolute Gasteiger partial charge is 0.269 e. The Morgan fingerprint density at radius 3 is 2.35 bits per heavy atom. The van der Waals surface area contributed by atoms with Gasteiger partial charge in [-0.15, -0.1) is 0 Å². The number of fused-ring (bicyclic) bond motifs is 2. The van der Waals surface area contributed by atoms with Crippen molar-refractivity contribution in [1.29, 1.82) is 0 Å². The highest BCUT2D eigenvalue weighted by atomic mass is 16.2. The lowest BCUT2D eigenvalue weighted by Gasteiger charge is -2.26. The van der Waals surface area contributed by atoms with Crippen molar-refractivity contribution in [2.75, 3.05) is 6.54 Å². The molecule has 1 atom stereocenters. The highest BCUT2D eigenvalue weighted by molar-refractivity contribution is 6.03. The molecule has 3 aromatic carbocycles. The Balaban J connectivity index is 1.46. The molecule has 0 aliphatic carbocycles. The van der Waals surface area contributed by atoms with Crippen LogP contribution >= 0.6 is 0 Å². The van der Waals surface area contributed by atoms with E-state index in [1.165, 1.54) is 0 Å². The number of hydrogen-bond acceptors (Lipinski definition) is 3. The molecule has 0 bridgehead atoms. The quantitative estimate of drug-likeness (QED) is 0.465. The predicted octanol–water partition coefficient (Wildman–Crippen LogP) is 3.49. The summed E-state index contributed by atoms with van der Waals surface area (Å²) in [7, 11) is 2.00. The van der Waals surface area contributed by atoms with Gasteiger partial charge in [-0.05, 0) is 36.8 Å². The topological polar surface area (TPSA) is 83.4 Å². The molecule has 5 rings (SSSR count). The molecule has 34 heavy (non-hydrogen) atoms. The maximum absolute atomic E-state index is 13.4. The van der Waals surface area contributed by atoms with E-state index in [0.717, 1.165) is 27.7 Å². The first-order valence-corrected chi connectivity index (χ1v) is 11.1. The zero-order valence-corrected chi connectivity index (χ0v) is 18.9. The molecule has 4 aromatic rings. The number of rotatable bonds is 4. The van der Waals surface area contributed by atoms with Crippen molar-refractivity contribution in [1.82, 2.24) is 20.3 Å². The monoisotopic (exact) mass is 452 g/mol. The van der Waals surface area contributed by atoms with E-state index in [-0.39, 0.29) is 12.5 Å². The van der Waals surface area contributed by atoms with Crippen molar-refractivity contribution in [2.24, 2.45) is 7.05 Å². The van der Waals surface area contributed by atoms with Gasteiger partial charge in [-0.2, -0.15) is 0 Å². The van der Waals surface area contributed by atoms with Crippen molar-refractivity contribution >= 4 is 28.6 Å². The summed E-state index contributed by atoms with van der Waals surface area (Å²) in [5.41, 5.74) is 9.84. The summed E-state index contributed by atoms with van der Waals surface area (Å²) in [5, 5.41) is 1.04. The number of benzene rings is 3. The van der Waals surface area contributed by atoms with Crippen LogP contribution in [0.5, 0.6) is 0 Å². The lowest BCUT2D eigenvalue weighted by molar-refractivity contribution is -0.122. The lowest BCUT2D eigenvalue weighted by Crippen LogP contribution is -2.47. The molecular weight excluding hydrogens is 428 g/mol. The van der Waals surface area contributed by atoms with E-state index in [0.29, 0.717) is 11.1 Å². The lowest BCUT2D eigenvalue weighted by atomic mass is 9.95. The van der Waals surface area contributed by atoms with E-state index in [1.807, 2.05) is 56.4 Å². The van der Waals surface area contributed by atoms with Crippen molar-refractivity contribution in [3.63, 3.8) is 0 Å². The van der Waals surface area contributed by atoms with Gasteiger partial charge in [0, 0.05) is 40.3 Å². The van der Waals surface area contributed by atoms with Gasteiger partial charge < -0.3 is 9.47 Å². The zero-order valence-electron chi connectivity index (χ0n) is 18.9. The molecule has 2 N–H and O–H groups in total. The van der Waals surface area contributed by atoms with E-state index >= 15 is 0 Å². The molecule has 1 unspecified atom stereocenters. The van der Waals surface area contributed by atoms with Crippen LogP contribution in [0.15, 0.2) is 78.9 Å². The number of nitrogens with zero attached hydrogens (tertiary/aromatic N) is 2. The Kier molecular flexibility index (Phi) is 5.37. The summed E-state index contributed by atoms with van der Waals surface area (Å²) >= 11 is 0. The largest absolute Gasteiger partial charge is 0.348 e.